The van der Waals surface area contributed by atoms with Crippen LogP contribution in [0.3, 0.4) is 0 Å². The SMILES string of the molecule is O=C(NNS(=O)(=O)c1ccc([N+](=O)[O-])cc1)C(O)(c1ccccc1)c1ccccc1. The molecule has 10 heteroatoms. The van der Waals surface area contributed by atoms with Crippen molar-refractivity contribution in [3.05, 3.63) is 106 Å². The third kappa shape index (κ3) is 4.20. The lowest BCUT2D eigenvalue weighted by Crippen LogP contribution is -2.52. The van der Waals surface area contributed by atoms with E-state index in [1.165, 1.54) is 24.3 Å². The summed E-state index contributed by atoms with van der Waals surface area (Å²) in [4.78, 5) is 24.6. The summed E-state index contributed by atoms with van der Waals surface area (Å²) in [6, 6.07) is 20.3. The Morgan fingerprint density at radius 3 is 1.77 bits per heavy atom. The highest BCUT2D eigenvalue weighted by Gasteiger charge is 2.40. The van der Waals surface area contributed by atoms with Crippen molar-refractivity contribution in [2.24, 2.45) is 0 Å². The number of aliphatic hydroxyl groups is 1. The van der Waals surface area contributed by atoms with Crippen LogP contribution in [0.1, 0.15) is 11.1 Å². The van der Waals surface area contributed by atoms with Crippen LogP contribution in [0.15, 0.2) is 89.8 Å². The molecule has 0 aromatic heterocycles. The first-order chi connectivity index (χ1) is 14.2. The molecule has 3 aromatic rings. The third-order valence-corrected chi connectivity index (χ3v) is 5.63. The summed E-state index contributed by atoms with van der Waals surface area (Å²) in [6.07, 6.45) is 0. The fourth-order valence-electron chi connectivity index (χ4n) is 2.80. The van der Waals surface area contributed by atoms with E-state index in [0.29, 0.717) is 0 Å². The number of amides is 1. The Morgan fingerprint density at radius 2 is 1.33 bits per heavy atom. The first-order valence-electron chi connectivity index (χ1n) is 8.65. The van der Waals surface area contributed by atoms with Crippen LogP contribution in [0.5, 0.6) is 0 Å². The highest BCUT2D eigenvalue weighted by molar-refractivity contribution is 7.89. The second kappa shape index (κ2) is 8.41. The Labute approximate surface area is 172 Å². The predicted molar refractivity (Wildman–Crippen MR) is 107 cm³/mol. The molecular formula is C20H17N3O6S. The number of nitrogens with zero attached hydrogens (tertiary/aromatic N) is 1. The maximum atomic E-state index is 12.9. The van der Waals surface area contributed by atoms with E-state index in [4.69, 9.17) is 0 Å². The van der Waals surface area contributed by atoms with Crippen molar-refractivity contribution in [2.45, 2.75) is 10.5 Å². The van der Waals surface area contributed by atoms with Crippen molar-refractivity contribution < 1.29 is 23.2 Å². The van der Waals surface area contributed by atoms with Crippen LogP contribution < -0.4 is 10.3 Å². The van der Waals surface area contributed by atoms with Gasteiger partial charge in [0.1, 0.15) is 0 Å². The van der Waals surface area contributed by atoms with Crippen LogP contribution >= 0.6 is 0 Å². The Kier molecular flexibility index (Phi) is 5.92. The monoisotopic (exact) mass is 427 g/mol. The number of carbonyl (C=O) groups excluding carboxylic acids is 1. The number of sulfonamides is 1. The average molecular weight is 427 g/mol. The average Bonchev–Trinajstić information content (AvgIpc) is 2.78. The summed E-state index contributed by atoms with van der Waals surface area (Å²) < 4.78 is 24.9. The Bertz CT molecular complexity index is 1110. The van der Waals surface area contributed by atoms with Gasteiger partial charge in [0, 0.05) is 12.1 Å². The Morgan fingerprint density at radius 1 is 0.867 bits per heavy atom. The highest BCUT2D eigenvalue weighted by atomic mass is 32.2. The van der Waals surface area contributed by atoms with Crippen molar-refractivity contribution in [3.63, 3.8) is 0 Å². The minimum Gasteiger partial charge on any atom is -0.372 e. The molecule has 0 fully saturated rings. The minimum absolute atomic E-state index is 0.239. The molecule has 0 aliphatic heterocycles. The predicted octanol–water partition coefficient (Wildman–Crippen LogP) is 1.84. The molecule has 0 saturated heterocycles. The second-order valence-electron chi connectivity index (χ2n) is 6.25. The molecular weight excluding hydrogens is 410 g/mol. The van der Waals surface area contributed by atoms with Gasteiger partial charge in [0.25, 0.3) is 21.6 Å². The number of carbonyl (C=O) groups is 1. The molecule has 0 saturated carbocycles. The molecule has 0 aliphatic rings. The molecule has 3 aromatic carbocycles. The normalized spacial score (nSPS) is 11.6. The van der Waals surface area contributed by atoms with E-state index in [9.17, 15) is 28.4 Å². The van der Waals surface area contributed by atoms with E-state index in [2.05, 4.69) is 0 Å². The largest absolute Gasteiger partial charge is 0.372 e. The lowest BCUT2D eigenvalue weighted by molar-refractivity contribution is -0.384. The molecule has 30 heavy (non-hydrogen) atoms. The van der Waals surface area contributed by atoms with Crippen LogP contribution in [-0.2, 0) is 20.4 Å². The van der Waals surface area contributed by atoms with Gasteiger partial charge in [0.15, 0.2) is 5.60 Å². The Hall–Kier alpha value is -3.60. The molecule has 3 rings (SSSR count). The van der Waals surface area contributed by atoms with Gasteiger partial charge in [-0.15, -0.1) is 4.83 Å². The van der Waals surface area contributed by atoms with Gasteiger partial charge >= 0.3 is 0 Å². The number of hydrazine groups is 1. The summed E-state index contributed by atoms with van der Waals surface area (Å²) in [7, 11) is -4.24. The summed E-state index contributed by atoms with van der Waals surface area (Å²) in [5, 5.41) is 22.0. The molecule has 0 radical (unpaired) electrons. The minimum atomic E-state index is -4.24. The lowest BCUT2D eigenvalue weighted by atomic mass is 9.86. The zero-order valence-electron chi connectivity index (χ0n) is 15.4. The summed E-state index contributed by atoms with van der Waals surface area (Å²) >= 11 is 0. The maximum absolute atomic E-state index is 12.9. The fourth-order valence-corrected chi connectivity index (χ4v) is 3.64. The smallest absolute Gasteiger partial charge is 0.276 e. The summed E-state index contributed by atoms with van der Waals surface area (Å²) in [5.74, 6) is -1.02. The molecule has 154 valence electrons. The number of nitro groups is 1. The first kappa shape index (κ1) is 21.1. The summed E-state index contributed by atoms with van der Waals surface area (Å²) in [5.41, 5.74) is 0.0704. The van der Waals surface area contributed by atoms with Gasteiger partial charge in [-0.3, -0.25) is 20.3 Å². The molecule has 0 spiro atoms. The standard InChI is InChI=1S/C20H17N3O6S/c24-19(21-22-30(28,29)18-13-11-17(12-14-18)23(26)27)20(25,15-7-3-1-4-8-15)16-9-5-2-6-10-16/h1-14,22,25H,(H,21,24). The lowest BCUT2D eigenvalue weighted by Gasteiger charge is -2.28. The maximum Gasteiger partial charge on any atom is 0.276 e. The van der Waals surface area contributed by atoms with Gasteiger partial charge in [0.05, 0.1) is 9.82 Å². The van der Waals surface area contributed by atoms with Crippen LogP contribution in [0.25, 0.3) is 0 Å². The first-order valence-corrected chi connectivity index (χ1v) is 10.1. The van der Waals surface area contributed by atoms with Crippen molar-refractivity contribution in [1.29, 1.82) is 0 Å². The number of non-ortho nitro benzene ring substituents is 1. The number of benzene rings is 3. The van der Waals surface area contributed by atoms with Crippen LogP contribution in [0.4, 0.5) is 5.69 Å². The quantitative estimate of drug-likeness (QED) is 0.388. The van der Waals surface area contributed by atoms with Gasteiger partial charge in [0.2, 0.25) is 0 Å². The van der Waals surface area contributed by atoms with Crippen molar-refractivity contribution in [2.75, 3.05) is 0 Å². The molecule has 0 atom stereocenters. The van der Waals surface area contributed by atoms with E-state index in [0.717, 1.165) is 24.3 Å². The zero-order chi connectivity index (χ0) is 21.8. The van der Waals surface area contributed by atoms with Crippen molar-refractivity contribution in [1.82, 2.24) is 10.3 Å². The van der Waals surface area contributed by atoms with E-state index in [1.54, 1.807) is 36.4 Å². The van der Waals surface area contributed by atoms with E-state index >= 15 is 0 Å². The molecule has 0 unspecified atom stereocenters. The number of hydrogen-bond donors (Lipinski definition) is 3. The van der Waals surface area contributed by atoms with E-state index in [1.807, 2.05) is 10.3 Å². The molecule has 0 bridgehead atoms. The highest BCUT2D eigenvalue weighted by Crippen LogP contribution is 2.29. The molecule has 0 aliphatic carbocycles. The van der Waals surface area contributed by atoms with Crippen LogP contribution in [-0.4, -0.2) is 24.4 Å². The van der Waals surface area contributed by atoms with Gasteiger partial charge < -0.3 is 5.11 Å². The van der Waals surface area contributed by atoms with E-state index in [-0.39, 0.29) is 21.7 Å². The molecule has 0 heterocycles. The second-order valence-corrected chi connectivity index (χ2v) is 7.94. The van der Waals surface area contributed by atoms with Crippen LogP contribution in [0.2, 0.25) is 0 Å². The number of nitro benzene ring substituents is 1. The topological polar surface area (TPSA) is 139 Å². The van der Waals surface area contributed by atoms with Gasteiger partial charge in [-0.05, 0) is 23.3 Å². The van der Waals surface area contributed by atoms with Crippen molar-refractivity contribution in [3.8, 4) is 0 Å². The molecule has 3 N–H and O–H groups in total. The summed E-state index contributed by atoms with van der Waals surface area (Å²) in [6.45, 7) is 0. The number of rotatable bonds is 7. The van der Waals surface area contributed by atoms with Gasteiger partial charge in [-0.25, -0.2) is 8.42 Å². The third-order valence-electron chi connectivity index (χ3n) is 4.37. The molecule has 9 nitrogen and oxygen atoms in total. The Balaban J connectivity index is 1.87. The molecule has 1 amide bonds. The van der Waals surface area contributed by atoms with Gasteiger partial charge in [-0.2, -0.15) is 0 Å². The van der Waals surface area contributed by atoms with Crippen molar-refractivity contribution >= 4 is 21.6 Å². The van der Waals surface area contributed by atoms with Crippen LogP contribution in [0, 0.1) is 10.1 Å². The number of nitrogens with one attached hydrogen (secondary N) is 2. The number of hydrogen-bond acceptors (Lipinski definition) is 6. The fraction of sp³-hybridized carbons (Fsp3) is 0.0500. The zero-order valence-corrected chi connectivity index (χ0v) is 16.2. The van der Waals surface area contributed by atoms with Gasteiger partial charge in [-0.1, -0.05) is 60.7 Å². The van der Waals surface area contributed by atoms with E-state index < -0.39 is 26.5 Å².